The SMILES string of the molecule is CCNC(=NCC(c1ccsc1)N(CC)CC)NC(C)COC. The predicted octanol–water partition coefficient (Wildman–Crippen LogP) is 2.72. The molecule has 0 saturated heterocycles. The van der Waals surface area contributed by atoms with Crippen LogP contribution in [0.3, 0.4) is 0 Å². The lowest BCUT2D eigenvalue weighted by molar-refractivity contribution is 0.179. The van der Waals surface area contributed by atoms with Crippen molar-refractivity contribution in [1.29, 1.82) is 0 Å². The highest BCUT2D eigenvalue weighted by Crippen LogP contribution is 2.23. The van der Waals surface area contributed by atoms with Crippen molar-refractivity contribution in [2.75, 3.05) is 39.9 Å². The number of nitrogens with zero attached hydrogens (tertiary/aromatic N) is 2. The molecule has 0 aliphatic rings. The lowest BCUT2D eigenvalue weighted by atomic mass is 10.1. The van der Waals surface area contributed by atoms with Crippen molar-refractivity contribution < 1.29 is 4.74 Å². The molecule has 6 heteroatoms. The Bertz CT molecular complexity index is 432. The van der Waals surface area contributed by atoms with Gasteiger partial charge in [0.1, 0.15) is 0 Å². The van der Waals surface area contributed by atoms with Crippen molar-refractivity contribution in [3.63, 3.8) is 0 Å². The lowest BCUT2D eigenvalue weighted by Gasteiger charge is -2.28. The van der Waals surface area contributed by atoms with Crippen molar-refractivity contribution in [1.82, 2.24) is 15.5 Å². The first-order valence-corrected chi connectivity index (χ1v) is 9.40. The summed E-state index contributed by atoms with van der Waals surface area (Å²) in [6.07, 6.45) is 0. The van der Waals surface area contributed by atoms with Gasteiger partial charge in [-0.15, -0.1) is 0 Å². The highest BCUT2D eigenvalue weighted by molar-refractivity contribution is 7.07. The molecule has 2 N–H and O–H groups in total. The van der Waals surface area contributed by atoms with E-state index < -0.39 is 0 Å². The van der Waals surface area contributed by atoms with E-state index in [1.165, 1.54) is 5.56 Å². The molecule has 0 bridgehead atoms. The number of ether oxygens (including phenoxy) is 1. The van der Waals surface area contributed by atoms with Crippen LogP contribution in [0.5, 0.6) is 0 Å². The minimum absolute atomic E-state index is 0.228. The van der Waals surface area contributed by atoms with Crippen LogP contribution in [0.1, 0.15) is 39.3 Å². The average molecular weight is 341 g/mol. The van der Waals surface area contributed by atoms with Gasteiger partial charge in [0.15, 0.2) is 5.96 Å². The third kappa shape index (κ3) is 6.89. The number of hydrogen-bond acceptors (Lipinski definition) is 4. The van der Waals surface area contributed by atoms with Crippen molar-refractivity contribution >= 4 is 17.3 Å². The second kappa shape index (κ2) is 11.4. The van der Waals surface area contributed by atoms with Crippen molar-refractivity contribution in [2.45, 2.75) is 39.8 Å². The molecule has 1 rings (SSSR count). The Kier molecular flexibility index (Phi) is 9.91. The summed E-state index contributed by atoms with van der Waals surface area (Å²) in [6.45, 7) is 12.9. The number of methoxy groups -OCH3 is 1. The van der Waals surface area contributed by atoms with Crippen LogP contribution in [-0.2, 0) is 4.74 Å². The fourth-order valence-electron chi connectivity index (χ4n) is 2.58. The van der Waals surface area contributed by atoms with E-state index in [2.05, 4.69) is 60.1 Å². The van der Waals surface area contributed by atoms with Crippen molar-refractivity contribution in [2.24, 2.45) is 4.99 Å². The first-order chi connectivity index (χ1) is 11.2. The normalized spacial score (nSPS) is 14.8. The van der Waals surface area contributed by atoms with Gasteiger partial charge in [-0.05, 0) is 49.3 Å². The van der Waals surface area contributed by atoms with Gasteiger partial charge in [-0.3, -0.25) is 9.89 Å². The zero-order valence-corrected chi connectivity index (χ0v) is 15.9. The molecule has 132 valence electrons. The Morgan fingerprint density at radius 2 is 2.09 bits per heavy atom. The maximum absolute atomic E-state index is 5.19. The first-order valence-electron chi connectivity index (χ1n) is 8.46. The minimum Gasteiger partial charge on any atom is -0.383 e. The van der Waals surface area contributed by atoms with Gasteiger partial charge in [-0.2, -0.15) is 11.3 Å². The number of guanidine groups is 1. The summed E-state index contributed by atoms with van der Waals surface area (Å²) < 4.78 is 5.19. The Morgan fingerprint density at radius 1 is 1.35 bits per heavy atom. The molecule has 0 fully saturated rings. The molecular formula is C17H32N4OS. The van der Waals surface area contributed by atoms with Crippen LogP contribution in [-0.4, -0.2) is 56.8 Å². The van der Waals surface area contributed by atoms with E-state index in [0.29, 0.717) is 12.6 Å². The standard InChI is InChI=1S/C17H32N4OS/c1-6-18-17(20-14(4)12-22-5)19-11-16(21(7-2)8-3)15-9-10-23-13-15/h9-10,13-14,16H,6-8,11-12H2,1-5H3,(H2,18,19,20). The summed E-state index contributed by atoms with van der Waals surface area (Å²) in [4.78, 5) is 7.26. The summed E-state index contributed by atoms with van der Waals surface area (Å²) in [6, 6.07) is 2.76. The van der Waals surface area contributed by atoms with Crippen LogP contribution in [0.15, 0.2) is 21.8 Å². The molecule has 23 heavy (non-hydrogen) atoms. The summed E-state index contributed by atoms with van der Waals surface area (Å²) in [7, 11) is 1.72. The van der Waals surface area contributed by atoms with Gasteiger partial charge in [0, 0.05) is 19.7 Å². The van der Waals surface area contributed by atoms with E-state index in [-0.39, 0.29) is 6.04 Å². The molecule has 0 aliphatic carbocycles. The molecule has 2 atom stereocenters. The zero-order valence-electron chi connectivity index (χ0n) is 15.1. The lowest BCUT2D eigenvalue weighted by Crippen LogP contribution is -2.44. The summed E-state index contributed by atoms with van der Waals surface area (Å²) in [5.74, 6) is 0.851. The van der Waals surface area contributed by atoms with Crippen LogP contribution < -0.4 is 10.6 Å². The third-order valence-electron chi connectivity index (χ3n) is 3.75. The Hall–Kier alpha value is -1.11. The molecular weight excluding hydrogens is 308 g/mol. The van der Waals surface area contributed by atoms with Gasteiger partial charge in [-0.1, -0.05) is 13.8 Å². The van der Waals surface area contributed by atoms with Crippen molar-refractivity contribution in [3.8, 4) is 0 Å². The number of thiophene rings is 1. The fourth-order valence-corrected chi connectivity index (χ4v) is 3.29. The van der Waals surface area contributed by atoms with Crippen molar-refractivity contribution in [3.05, 3.63) is 22.4 Å². The van der Waals surface area contributed by atoms with E-state index >= 15 is 0 Å². The van der Waals surface area contributed by atoms with E-state index in [4.69, 9.17) is 9.73 Å². The smallest absolute Gasteiger partial charge is 0.191 e. The second-order valence-electron chi connectivity index (χ2n) is 5.51. The maximum Gasteiger partial charge on any atom is 0.191 e. The van der Waals surface area contributed by atoms with Gasteiger partial charge >= 0.3 is 0 Å². The summed E-state index contributed by atoms with van der Waals surface area (Å²) in [5.41, 5.74) is 1.35. The van der Waals surface area contributed by atoms with Gasteiger partial charge in [0.25, 0.3) is 0 Å². The van der Waals surface area contributed by atoms with E-state index in [9.17, 15) is 0 Å². The van der Waals surface area contributed by atoms with Crippen LogP contribution >= 0.6 is 11.3 Å². The predicted molar refractivity (Wildman–Crippen MR) is 100 cm³/mol. The van der Waals surface area contributed by atoms with Gasteiger partial charge in [-0.25, -0.2) is 0 Å². The fraction of sp³-hybridized carbons (Fsp3) is 0.706. The second-order valence-corrected chi connectivity index (χ2v) is 6.29. The third-order valence-corrected chi connectivity index (χ3v) is 4.45. The van der Waals surface area contributed by atoms with Gasteiger partial charge < -0.3 is 15.4 Å². The van der Waals surface area contributed by atoms with Crippen LogP contribution in [0.2, 0.25) is 0 Å². The highest BCUT2D eigenvalue weighted by atomic mass is 32.1. The number of rotatable bonds is 10. The van der Waals surface area contributed by atoms with E-state index in [1.54, 1.807) is 18.4 Å². The van der Waals surface area contributed by atoms with Crippen LogP contribution in [0, 0.1) is 0 Å². The average Bonchev–Trinajstić information content (AvgIpc) is 3.05. The van der Waals surface area contributed by atoms with Crippen LogP contribution in [0.25, 0.3) is 0 Å². The van der Waals surface area contributed by atoms with E-state index in [0.717, 1.165) is 32.1 Å². The topological polar surface area (TPSA) is 48.9 Å². The maximum atomic E-state index is 5.19. The zero-order chi connectivity index (χ0) is 17.1. The molecule has 1 aromatic heterocycles. The minimum atomic E-state index is 0.228. The molecule has 0 aromatic carbocycles. The largest absolute Gasteiger partial charge is 0.383 e. The van der Waals surface area contributed by atoms with Crippen LogP contribution in [0.4, 0.5) is 0 Å². The quantitative estimate of drug-likeness (QED) is 0.508. The molecule has 0 aliphatic heterocycles. The molecule has 1 heterocycles. The number of hydrogen-bond donors (Lipinski definition) is 2. The molecule has 5 nitrogen and oxygen atoms in total. The van der Waals surface area contributed by atoms with Gasteiger partial charge in [0.2, 0.25) is 0 Å². The van der Waals surface area contributed by atoms with Gasteiger partial charge in [0.05, 0.1) is 19.2 Å². The molecule has 0 amide bonds. The molecule has 0 spiro atoms. The Balaban J connectivity index is 2.82. The first kappa shape index (κ1) is 19.9. The Labute approximate surface area is 145 Å². The summed E-state index contributed by atoms with van der Waals surface area (Å²) >= 11 is 1.75. The highest BCUT2D eigenvalue weighted by Gasteiger charge is 2.18. The molecule has 0 saturated carbocycles. The number of nitrogens with one attached hydrogen (secondary N) is 2. The van der Waals surface area contributed by atoms with E-state index in [1.807, 2.05) is 0 Å². The molecule has 0 radical (unpaired) electrons. The molecule has 2 unspecified atom stereocenters. The molecule has 1 aromatic rings. The Morgan fingerprint density at radius 3 is 2.61 bits per heavy atom. The number of aliphatic imine (C=N–C) groups is 1. The number of likely N-dealkylation sites (N-methyl/N-ethyl adjacent to an activating group) is 1. The summed E-state index contributed by atoms with van der Waals surface area (Å²) in [5, 5.41) is 11.1. The monoisotopic (exact) mass is 340 g/mol.